The molecule has 1 saturated heterocycles. The molecular weight excluding hydrogens is 228 g/mol. The van der Waals surface area contributed by atoms with Crippen LogP contribution in [0.3, 0.4) is 0 Å². The van der Waals surface area contributed by atoms with Gasteiger partial charge in [0.25, 0.3) is 0 Å². The number of rotatable bonds is 1. The molecule has 1 aliphatic rings. The Morgan fingerprint density at radius 3 is 2.82 bits per heavy atom. The summed E-state index contributed by atoms with van der Waals surface area (Å²) in [6.45, 7) is 9.05. The molecule has 17 heavy (non-hydrogen) atoms. The number of nitrogens with zero attached hydrogens (tertiary/aromatic N) is 1. The Hall–Kier alpha value is -0.830. The van der Waals surface area contributed by atoms with Crippen molar-refractivity contribution in [3.8, 4) is 0 Å². The molecule has 94 valence electrons. The molecule has 0 aromatic heterocycles. The molecule has 0 unspecified atom stereocenters. The fourth-order valence-electron chi connectivity index (χ4n) is 2.24. The van der Waals surface area contributed by atoms with Crippen molar-refractivity contribution in [2.24, 2.45) is 0 Å². The summed E-state index contributed by atoms with van der Waals surface area (Å²) in [5, 5.41) is 0. The highest BCUT2D eigenvalue weighted by Gasteiger charge is 2.24. The molecule has 1 aliphatic heterocycles. The number of benzene rings is 1. The Kier molecular flexibility index (Phi) is 3.57. The van der Waals surface area contributed by atoms with Crippen molar-refractivity contribution >= 4 is 23.1 Å². The van der Waals surface area contributed by atoms with E-state index in [4.69, 9.17) is 5.73 Å². The molecule has 2 rings (SSSR count). The second-order valence-electron chi connectivity index (χ2n) is 5.34. The maximum Gasteiger partial charge on any atom is 0.0416 e. The van der Waals surface area contributed by atoms with Gasteiger partial charge in [0, 0.05) is 35.0 Å². The van der Waals surface area contributed by atoms with Gasteiger partial charge < -0.3 is 10.6 Å². The molecule has 1 aromatic rings. The van der Waals surface area contributed by atoms with Crippen LogP contribution < -0.4 is 10.6 Å². The van der Waals surface area contributed by atoms with Gasteiger partial charge in [-0.3, -0.25) is 0 Å². The number of thioether (sulfide) groups is 1. The van der Waals surface area contributed by atoms with Crippen molar-refractivity contribution in [1.29, 1.82) is 0 Å². The minimum Gasteiger partial charge on any atom is -0.398 e. The normalized spacial score (nSPS) is 20.1. The standard InChI is InChI=1S/C14H22N2S/c1-11-12(15)5-4-6-13(11)16-8-7-14(2,3)17-10-9-16/h4-6H,7-10,15H2,1-3H3. The third kappa shape index (κ3) is 2.89. The minimum absolute atomic E-state index is 0.406. The molecule has 2 nitrogen and oxygen atoms in total. The quantitative estimate of drug-likeness (QED) is 0.775. The first-order valence-electron chi connectivity index (χ1n) is 6.24. The van der Waals surface area contributed by atoms with E-state index < -0.39 is 0 Å². The van der Waals surface area contributed by atoms with Crippen molar-refractivity contribution < 1.29 is 0 Å². The molecule has 0 atom stereocenters. The van der Waals surface area contributed by atoms with Crippen molar-refractivity contribution in [1.82, 2.24) is 0 Å². The average Bonchev–Trinajstić information content (AvgIpc) is 2.44. The van der Waals surface area contributed by atoms with Gasteiger partial charge in [-0.1, -0.05) is 19.9 Å². The lowest BCUT2D eigenvalue weighted by Crippen LogP contribution is -2.27. The van der Waals surface area contributed by atoms with E-state index in [1.165, 1.54) is 23.4 Å². The summed E-state index contributed by atoms with van der Waals surface area (Å²) >= 11 is 2.08. The molecule has 3 heteroatoms. The van der Waals surface area contributed by atoms with E-state index in [1.54, 1.807) is 0 Å². The largest absolute Gasteiger partial charge is 0.398 e. The molecule has 1 fully saturated rings. The van der Waals surface area contributed by atoms with E-state index in [0.717, 1.165) is 18.8 Å². The van der Waals surface area contributed by atoms with E-state index in [-0.39, 0.29) is 0 Å². The van der Waals surface area contributed by atoms with Gasteiger partial charge in [0.15, 0.2) is 0 Å². The fourth-order valence-corrected chi connectivity index (χ4v) is 3.34. The van der Waals surface area contributed by atoms with Crippen LogP contribution >= 0.6 is 11.8 Å². The molecule has 0 saturated carbocycles. The van der Waals surface area contributed by atoms with Gasteiger partial charge in [0.2, 0.25) is 0 Å². The summed E-state index contributed by atoms with van der Waals surface area (Å²) in [4.78, 5) is 2.48. The second kappa shape index (κ2) is 4.81. The van der Waals surface area contributed by atoms with Crippen LogP contribution in [-0.2, 0) is 0 Å². The number of hydrogen-bond donors (Lipinski definition) is 1. The predicted molar refractivity (Wildman–Crippen MR) is 79.0 cm³/mol. The predicted octanol–water partition coefficient (Wildman–Crippen LogP) is 3.30. The van der Waals surface area contributed by atoms with Crippen molar-refractivity contribution in [3.63, 3.8) is 0 Å². The summed E-state index contributed by atoms with van der Waals surface area (Å²) in [7, 11) is 0. The zero-order chi connectivity index (χ0) is 12.5. The SMILES string of the molecule is Cc1c(N)cccc1N1CCSC(C)(C)CC1. The van der Waals surface area contributed by atoms with Crippen molar-refractivity contribution in [3.05, 3.63) is 23.8 Å². The average molecular weight is 250 g/mol. The van der Waals surface area contributed by atoms with E-state index >= 15 is 0 Å². The topological polar surface area (TPSA) is 29.3 Å². The summed E-state index contributed by atoms with van der Waals surface area (Å²) in [6, 6.07) is 6.23. The zero-order valence-electron chi connectivity index (χ0n) is 11.0. The molecule has 1 aromatic carbocycles. The molecular formula is C14H22N2S. The third-order valence-electron chi connectivity index (χ3n) is 3.53. The maximum atomic E-state index is 5.99. The van der Waals surface area contributed by atoms with Crippen LogP contribution in [0.1, 0.15) is 25.8 Å². The van der Waals surface area contributed by atoms with Crippen LogP contribution in [-0.4, -0.2) is 23.6 Å². The van der Waals surface area contributed by atoms with Gasteiger partial charge in [-0.15, -0.1) is 0 Å². The molecule has 0 aliphatic carbocycles. The number of hydrogen-bond acceptors (Lipinski definition) is 3. The molecule has 0 radical (unpaired) electrons. The first kappa shape index (κ1) is 12.6. The number of nitrogens with two attached hydrogens (primary N) is 1. The summed E-state index contributed by atoms with van der Waals surface area (Å²) < 4.78 is 0.406. The summed E-state index contributed by atoms with van der Waals surface area (Å²) in [5.74, 6) is 1.20. The van der Waals surface area contributed by atoms with Gasteiger partial charge in [0.1, 0.15) is 0 Å². The third-order valence-corrected chi connectivity index (χ3v) is 4.90. The lowest BCUT2D eigenvalue weighted by atomic mass is 10.1. The highest BCUT2D eigenvalue weighted by atomic mass is 32.2. The van der Waals surface area contributed by atoms with Crippen LogP contribution in [0.15, 0.2) is 18.2 Å². The van der Waals surface area contributed by atoms with E-state index in [9.17, 15) is 0 Å². The fraction of sp³-hybridized carbons (Fsp3) is 0.571. The minimum atomic E-state index is 0.406. The number of nitrogen functional groups attached to an aromatic ring is 1. The van der Waals surface area contributed by atoms with Crippen LogP contribution in [0.5, 0.6) is 0 Å². The Morgan fingerprint density at radius 1 is 1.29 bits per heavy atom. The van der Waals surface area contributed by atoms with Crippen LogP contribution in [0.2, 0.25) is 0 Å². The van der Waals surface area contributed by atoms with Crippen molar-refractivity contribution in [2.75, 3.05) is 29.5 Å². The van der Waals surface area contributed by atoms with Gasteiger partial charge in [-0.05, 0) is 31.0 Å². The molecule has 1 heterocycles. The van der Waals surface area contributed by atoms with Gasteiger partial charge >= 0.3 is 0 Å². The highest BCUT2D eigenvalue weighted by molar-refractivity contribution is 8.00. The smallest absolute Gasteiger partial charge is 0.0416 e. The van der Waals surface area contributed by atoms with Gasteiger partial charge in [0.05, 0.1) is 0 Å². The maximum absolute atomic E-state index is 5.99. The van der Waals surface area contributed by atoms with E-state index in [1.807, 2.05) is 6.07 Å². The summed E-state index contributed by atoms with van der Waals surface area (Å²) in [5.41, 5.74) is 9.42. The van der Waals surface area contributed by atoms with Gasteiger partial charge in [-0.2, -0.15) is 11.8 Å². The lowest BCUT2D eigenvalue weighted by Gasteiger charge is -2.26. The van der Waals surface area contributed by atoms with E-state index in [0.29, 0.717) is 4.75 Å². The molecule has 2 N–H and O–H groups in total. The van der Waals surface area contributed by atoms with Gasteiger partial charge in [-0.25, -0.2) is 0 Å². The monoisotopic (exact) mass is 250 g/mol. The zero-order valence-corrected chi connectivity index (χ0v) is 11.8. The second-order valence-corrected chi connectivity index (χ2v) is 7.14. The van der Waals surface area contributed by atoms with Crippen LogP contribution in [0.25, 0.3) is 0 Å². The summed E-state index contributed by atoms with van der Waals surface area (Å²) in [6.07, 6.45) is 1.23. The molecule has 0 amide bonds. The van der Waals surface area contributed by atoms with Crippen LogP contribution in [0, 0.1) is 6.92 Å². The first-order valence-corrected chi connectivity index (χ1v) is 7.22. The highest BCUT2D eigenvalue weighted by Crippen LogP contribution is 2.33. The first-order chi connectivity index (χ1) is 7.99. The van der Waals surface area contributed by atoms with Crippen LogP contribution in [0.4, 0.5) is 11.4 Å². The van der Waals surface area contributed by atoms with E-state index in [2.05, 4.69) is 49.6 Å². The van der Waals surface area contributed by atoms with Crippen molar-refractivity contribution in [2.45, 2.75) is 31.9 Å². The Bertz CT molecular complexity index is 401. The lowest BCUT2D eigenvalue weighted by molar-refractivity contribution is 0.637. The molecule has 0 bridgehead atoms. The Balaban J connectivity index is 2.20. The Morgan fingerprint density at radius 2 is 2.06 bits per heavy atom. The Labute approximate surface area is 109 Å². The molecule has 0 spiro atoms. The number of anilines is 2.